The van der Waals surface area contributed by atoms with Gasteiger partial charge in [0.2, 0.25) is 0 Å². The number of anilines is 2. The van der Waals surface area contributed by atoms with Gasteiger partial charge in [0, 0.05) is 30.6 Å². The van der Waals surface area contributed by atoms with Gasteiger partial charge in [-0.15, -0.1) is 0 Å². The zero-order chi connectivity index (χ0) is 15.6. The Bertz CT molecular complexity index is 485. The lowest BCUT2D eigenvalue weighted by atomic mass is 10.1. The molecular weight excluding hydrogens is 264 g/mol. The molecule has 3 N–H and O–H groups in total. The number of nitrogens with zero attached hydrogens (tertiary/aromatic N) is 4. The van der Waals surface area contributed by atoms with E-state index in [1.807, 2.05) is 6.92 Å². The van der Waals surface area contributed by atoms with E-state index < -0.39 is 0 Å². The van der Waals surface area contributed by atoms with E-state index >= 15 is 0 Å². The van der Waals surface area contributed by atoms with Crippen molar-refractivity contribution in [3.8, 4) is 0 Å². The molecule has 1 aromatic rings. The van der Waals surface area contributed by atoms with Crippen LogP contribution in [0.2, 0.25) is 0 Å². The van der Waals surface area contributed by atoms with Gasteiger partial charge in [0.15, 0.2) is 0 Å². The molecule has 1 aromatic heterocycles. The average Bonchev–Trinajstić information content (AvgIpc) is 2.85. The number of nitrogens with one attached hydrogen (secondary N) is 1. The number of rotatable bonds is 5. The molecule has 0 saturated carbocycles. The highest BCUT2D eigenvalue weighted by molar-refractivity contribution is 5.59. The monoisotopic (exact) mass is 292 g/mol. The molecule has 6 heteroatoms. The van der Waals surface area contributed by atoms with Gasteiger partial charge >= 0.3 is 0 Å². The van der Waals surface area contributed by atoms with Crippen molar-refractivity contribution in [2.75, 3.05) is 37.5 Å². The summed E-state index contributed by atoms with van der Waals surface area (Å²) in [4.78, 5) is 14.0. The summed E-state index contributed by atoms with van der Waals surface area (Å²) >= 11 is 0. The number of nitrogens with two attached hydrogens (primary N) is 1. The normalized spacial score (nSPS) is 18.9. The molecule has 118 valence electrons. The fourth-order valence-electron chi connectivity index (χ4n) is 2.93. The molecule has 0 amide bonds. The first-order valence-corrected chi connectivity index (χ1v) is 7.70. The molecule has 0 aromatic carbocycles. The number of aromatic nitrogens is 2. The third-order valence-corrected chi connectivity index (χ3v) is 4.02. The Morgan fingerprint density at radius 2 is 2.10 bits per heavy atom. The summed E-state index contributed by atoms with van der Waals surface area (Å²) < 4.78 is 0. The Kier molecular flexibility index (Phi) is 5.00. The first kappa shape index (κ1) is 16.0. The van der Waals surface area contributed by atoms with Gasteiger partial charge < -0.3 is 15.2 Å². The molecule has 0 radical (unpaired) electrons. The van der Waals surface area contributed by atoms with Crippen molar-refractivity contribution in [1.29, 1.82) is 0 Å². The molecule has 0 aliphatic carbocycles. The third kappa shape index (κ3) is 3.44. The Morgan fingerprint density at radius 1 is 1.38 bits per heavy atom. The molecule has 0 spiro atoms. The van der Waals surface area contributed by atoms with Crippen LogP contribution in [0.1, 0.15) is 44.0 Å². The summed E-state index contributed by atoms with van der Waals surface area (Å²) in [5, 5.41) is 0. The van der Waals surface area contributed by atoms with E-state index in [0.717, 1.165) is 36.1 Å². The van der Waals surface area contributed by atoms with Crippen molar-refractivity contribution in [2.45, 2.75) is 45.6 Å². The predicted molar refractivity (Wildman–Crippen MR) is 87.6 cm³/mol. The molecule has 0 bridgehead atoms. The second-order valence-corrected chi connectivity index (χ2v) is 6.43. The van der Waals surface area contributed by atoms with Gasteiger partial charge in [-0.25, -0.2) is 15.8 Å². The molecule has 2 heterocycles. The van der Waals surface area contributed by atoms with Gasteiger partial charge in [-0.3, -0.25) is 0 Å². The molecule has 1 unspecified atom stereocenters. The number of nitrogen functional groups attached to an aromatic ring is 1. The summed E-state index contributed by atoms with van der Waals surface area (Å²) in [6, 6.07) is 0.513. The maximum absolute atomic E-state index is 5.64. The van der Waals surface area contributed by atoms with Gasteiger partial charge in [-0.05, 0) is 33.9 Å². The van der Waals surface area contributed by atoms with Crippen LogP contribution < -0.4 is 16.2 Å². The van der Waals surface area contributed by atoms with E-state index in [2.05, 4.69) is 48.2 Å². The number of hydrazine groups is 1. The van der Waals surface area contributed by atoms with Gasteiger partial charge in [0.25, 0.3) is 0 Å². The van der Waals surface area contributed by atoms with Crippen LogP contribution in [-0.4, -0.2) is 48.1 Å². The fraction of sp³-hybridized carbons (Fsp3) is 0.733. The van der Waals surface area contributed by atoms with Gasteiger partial charge in [0.1, 0.15) is 17.5 Å². The largest absolute Gasteiger partial charge is 0.352 e. The second kappa shape index (κ2) is 6.58. The Morgan fingerprint density at radius 3 is 2.67 bits per heavy atom. The maximum atomic E-state index is 5.64. The molecule has 6 nitrogen and oxygen atoms in total. The lowest BCUT2D eigenvalue weighted by molar-refractivity contribution is 0.371. The Balaban J connectivity index is 2.39. The highest BCUT2D eigenvalue weighted by Gasteiger charge is 2.28. The van der Waals surface area contributed by atoms with Crippen molar-refractivity contribution in [2.24, 2.45) is 5.84 Å². The topological polar surface area (TPSA) is 70.3 Å². The molecule has 2 rings (SSSR count). The predicted octanol–water partition coefficient (Wildman–Crippen LogP) is 1.72. The van der Waals surface area contributed by atoms with Crippen molar-refractivity contribution in [1.82, 2.24) is 14.9 Å². The van der Waals surface area contributed by atoms with Crippen molar-refractivity contribution in [3.05, 3.63) is 11.4 Å². The lowest BCUT2D eigenvalue weighted by Crippen LogP contribution is -2.38. The maximum Gasteiger partial charge on any atom is 0.148 e. The third-order valence-electron chi connectivity index (χ3n) is 4.02. The molecule has 1 atom stereocenters. The van der Waals surface area contributed by atoms with Crippen LogP contribution in [0.3, 0.4) is 0 Å². The van der Waals surface area contributed by atoms with E-state index in [9.17, 15) is 0 Å². The summed E-state index contributed by atoms with van der Waals surface area (Å²) in [7, 11) is 4.24. The average molecular weight is 292 g/mol. The molecule has 1 fully saturated rings. The van der Waals surface area contributed by atoms with Crippen molar-refractivity contribution in [3.63, 3.8) is 0 Å². The first-order chi connectivity index (χ1) is 9.93. The minimum Gasteiger partial charge on any atom is -0.352 e. The minimum absolute atomic E-state index is 0.284. The van der Waals surface area contributed by atoms with Gasteiger partial charge in [-0.2, -0.15) is 0 Å². The number of hydrogen-bond acceptors (Lipinski definition) is 6. The number of likely N-dealkylation sites (N-methyl/N-ethyl adjacent to an activating group) is 1. The van der Waals surface area contributed by atoms with Crippen LogP contribution in [0.15, 0.2) is 0 Å². The highest BCUT2D eigenvalue weighted by Crippen LogP contribution is 2.31. The van der Waals surface area contributed by atoms with Gasteiger partial charge in [-0.1, -0.05) is 13.8 Å². The molecule has 1 aliphatic heterocycles. The second-order valence-electron chi connectivity index (χ2n) is 6.43. The highest BCUT2D eigenvalue weighted by atomic mass is 15.3. The van der Waals surface area contributed by atoms with Crippen LogP contribution >= 0.6 is 0 Å². The summed E-state index contributed by atoms with van der Waals surface area (Å²) in [6.45, 7) is 8.36. The van der Waals surface area contributed by atoms with Crippen molar-refractivity contribution < 1.29 is 0 Å². The van der Waals surface area contributed by atoms with Crippen LogP contribution in [0.4, 0.5) is 11.6 Å². The van der Waals surface area contributed by atoms with Gasteiger partial charge in [0.05, 0.1) is 0 Å². The van der Waals surface area contributed by atoms with E-state index in [4.69, 9.17) is 10.8 Å². The van der Waals surface area contributed by atoms with E-state index in [0.29, 0.717) is 6.04 Å². The summed E-state index contributed by atoms with van der Waals surface area (Å²) in [6.07, 6.45) is 2.42. The van der Waals surface area contributed by atoms with Crippen LogP contribution in [0, 0.1) is 6.92 Å². The van der Waals surface area contributed by atoms with Crippen LogP contribution in [0.5, 0.6) is 0 Å². The first-order valence-electron chi connectivity index (χ1n) is 7.70. The zero-order valence-electron chi connectivity index (χ0n) is 13.8. The molecular formula is C15H28N6. The summed E-state index contributed by atoms with van der Waals surface area (Å²) in [5.41, 5.74) is 3.76. The van der Waals surface area contributed by atoms with Crippen molar-refractivity contribution >= 4 is 11.6 Å². The molecule has 1 aliphatic rings. The van der Waals surface area contributed by atoms with Crippen LogP contribution in [-0.2, 0) is 0 Å². The molecule has 21 heavy (non-hydrogen) atoms. The lowest BCUT2D eigenvalue weighted by Gasteiger charge is -2.30. The summed E-state index contributed by atoms with van der Waals surface area (Å²) in [5.74, 6) is 8.53. The van der Waals surface area contributed by atoms with E-state index in [-0.39, 0.29) is 5.92 Å². The van der Waals surface area contributed by atoms with E-state index in [1.165, 1.54) is 12.8 Å². The fourth-order valence-corrected chi connectivity index (χ4v) is 2.93. The number of hydrogen-bond donors (Lipinski definition) is 2. The zero-order valence-corrected chi connectivity index (χ0v) is 13.8. The molecule has 1 saturated heterocycles. The smallest absolute Gasteiger partial charge is 0.148 e. The van der Waals surface area contributed by atoms with E-state index in [1.54, 1.807) is 0 Å². The quantitative estimate of drug-likeness (QED) is 0.636. The minimum atomic E-state index is 0.284. The Labute approximate surface area is 127 Å². The standard InChI is InChI=1S/C15H28N6/c1-10(2)13-17-14(19-16)11(3)15(18-13)21-8-6-7-12(21)9-20(4)5/h10,12H,6-9,16H2,1-5H3,(H,17,18,19). The SMILES string of the molecule is Cc1c(NN)nc(C(C)C)nc1N1CCCC1CN(C)C. The Hall–Kier alpha value is -1.40. The van der Waals surface area contributed by atoms with Crippen LogP contribution in [0.25, 0.3) is 0 Å².